The molecular formula is C18H24N3O3S+. The van der Waals surface area contributed by atoms with Crippen molar-refractivity contribution in [3.63, 3.8) is 0 Å². The van der Waals surface area contributed by atoms with Crippen molar-refractivity contribution < 1.29 is 18.1 Å². The Morgan fingerprint density at radius 3 is 2.48 bits per heavy atom. The Hall–Kier alpha value is -2.12. The Bertz CT molecular complexity index is 783. The summed E-state index contributed by atoms with van der Waals surface area (Å²) >= 11 is 0. The maximum atomic E-state index is 12.5. The van der Waals surface area contributed by atoms with Crippen LogP contribution in [-0.2, 0) is 10.0 Å². The number of aromatic nitrogens is 1. The van der Waals surface area contributed by atoms with Gasteiger partial charge in [-0.05, 0) is 38.0 Å². The topological polar surface area (TPSA) is 72.8 Å². The summed E-state index contributed by atoms with van der Waals surface area (Å²) in [6.07, 6.45) is 3.41. The molecule has 134 valence electrons. The van der Waals surface area contributed by atoms with Crippen LogP contribution in [0.1, 0.15) is 18.4 Å². The molecule has 0 atom stereocenters. The average Bonchev–Trinajstić information content (AvgIpc) is 3.16. The number of pyridine rings is 1. The Labute approximate surface area is 148 Å². The lowest BCUT2D eigenvalue weighted by Crippen LogP contribution is -2.29. The third-order valence-electron chi connectivity index (χ3n) is 4.19. The zero-order valence-electron chi connectivity index (χ0n) is 14.4. The fourth-order valence-electron chi connectivity index (χ4n) is 2.75. The van der Waals surface area contributed by atoms with Gasteiger partial charge in [-0.2, -0.15) is 4.31 Å². The van der Waals surface area contributed by atoms with Crippen LogP contribution < -0.4 is 15.0 Å². The van der Waals surface area contributed by atoms with Gasteiger partial charge in [0.2, 0.25) is 10.0 Å². The molecule has 1 aliphatic heterocycles. The van der Waals surface area contributed by atoms with Crippen molar-refractivity contribution in [2.75, 3.05) is 31.6 Å². The molecule has 25 heavy (non-hydrogen) atoms. The van der Waals surface area contributed by atoms with Crippen molar-refractivity contribution in [1.82, 2.24) is 4.31 Å². The minimum absolute atomic E-state index is 0.302. The smallest absolute Gasteiger partial charge is 0.272 e. The molecule has 1 aromatic carbocycles. The standard InChI is InChI=1S/C18H23N3O3S/c1-15-4-6-16(7-5-15)24-13-10-19-18-9-8-17(14-20-18)25(22,23)21-11-2-3-12-21/h4-9,14H,2-3,10-13H2,1H3,(H,19,20)/p+1. The third-order valence-corrected chi connectivity index (χ3v) is 6.09. The molecule has 0 unspecified atom stereocenters. The highest BCUT2D eigenvalue weighted by Gasteiger charge is 2.27. The maximum absolute atomic E-state index is 12.5. The second-order valence-electron chi connectivity index (χ2n) is 6.14. The quantitative estimate of drug-likeness (QED) is 0.766. The third kappa shape index (κ3) is 4.49. The van der Waals surface area contributed by atoms with Gasteiger partial charge >= 0.3 is 0 Å². The number of rotatable bonds is 7. The molecule has 0 radical (unpaired) electrons. The molecule has 1 saturated heterocycles. The number of ether oxygens (including phenoxy) is 1. The normalized spacial score (nSPS) is 15.2. The average molecular weight is 362 g/mol. The highest BCUT2D eigenvalue weighted by Crippen LogP contribution is 2.19. The maximum Gasteiger partial charge on any atom is 0.272 e. The van der Waals surface area contributed by atoms with E-state index in [-0.39, 0.29) is 0 Å². The number of aromatic amines is 1. The first-order valence-electron chi connectivity index (χ1n) is 8.51. The van der Waals surface area contributed by atoms with Crippen molar-refractivity contribution in [2.24, 2.45) is 0 Å². The highest BCUT2D eigenvalue weighted by molar-refractivity contribution is 7.89. The highest BCUT2D eigenvalue weighted by atomic mass is 32.2. The molecule has 1 aliphatic rings. The second kappa shape index (κ2) is 7.84. The molecule has 6 nitrogen and oxygen atoms in total. The van der Waals surface area contributed by atoms with Crippen LogP contribution in [0.3, 0.4) is 0 Å². The van der Waals surface area contributed by atoms with Crippen LogP contribution in [0, 0.1) is 6.92 Å². The molecule has 7 heteroatoms. The summed E-state index contributed by atoms with van der Waals surface area (Å²) in [6.45, 7) is 4.39. The number of benzene rings is 1. The molecular weight excluding hydrogens is 338 g/mol. The Balaban J connectivity index is 1.50. The van der Waals surface area contributed by atoms with Gasteiger partial charge in [0.15, 0.2) is 0 Å². The van der Waals surface area contributed by atoms with Crippen LogP contribution in [-0.4, -0.2) is 39.0 Å². The first-order chi connectivity index (χ1) is 12.1. The van der Waals surface area contributed by atoms with Crippen molar-refractivity contribution in [3.8, 4) is 5.75 Å². The number of anilines is 1. The zero-order valence-corrected chi connectivity index (χ0v) is 15.2. The number of hydrogen-bond donors (Lipinski definition) is 1. The van der Waals surface area contributed by atoms with E-state index in [4.69, 9.17) is 4.74 Å². The fourth-order valence-corrected chi connectivity index (χ4v) is 4.23. The number of hydrogen-bond acceptors (Lipinski definition) is 4. The van der Waals surface area contributed by atoms with E-state index < -0.39 is 10.0 Å². The summed E-state index contributed by atoms with van der Waals surface area (Å²) in [5.41, 5.74) is 1.20. The second-order valence-corrected chi connectivity index (χ2v) is 8.08. The van der Waals surface area contributed by atoms with Crippen LogP contribution in [0.25, 0.3) is 0 Å². The van der Waals surface area contributed by atoms with Gasteiger partial charge in [-0.25, -0.2) is 13.4 Å². The molecule has 1 aromatic heterocycles. The van der Waals surface area contributed by atoms with Crippen molar-refractivity contribution in [1.29, 1.82) is 0 Å². The number of H-pyrrole nitrogens is 1. The van der Waals surface area contributed by atoms with Gasteiger partial charge in [0.1, 0.15) is 30.0 Å². The van der Waals surface area contributed by atoms with E-state index in [1.54, 1.807) is 16.4 Å². The van der Waals surface area contributed by atoms with Gasteiger partial charge in [0.25, 0.3) is 5.82 Å². The van der Waals surface area contributed by atoms with E-state index in [0.29, 0.717) is 31.1 Å². The molecule has 1 fully saturated rings. The molecule has 0 aliphatic carbocycles. The summed E-state index contributed by atoms with van der Waals surface area (Å²) in [5, 5.41) is 3.19. The van der Waals surface area contributed by atoms with Crippen LogP contribution in [0.2, 0.25) is 0 Å². The van der Waals surface area contributed by atoms with Crippen LogP contribution in [0.15, 0.2) is 47.5 Å². The Morgan fingerprint density at radius 2 is 1.84 bits per heavy atom. The van der Waals surface area contributed by atoms with E-state index in [1.165, 1.54) is 11.8 Å². The lowest BCUT2D eigenvalue weighted by Gasteiger charge is -2.14. The first kappa shape index (κ1) is 17.7. The van der Waals surface area contributed by atoms with E-state index in [0.717, 1.165) is 24.4 Å². The zero-order chi connectivity index (χ0) is 17.7. The lowest BCUT2D eigenvalue weighted by atomic mass is 10.2. The lowest BCUT2D eigenvalue weighted by molar-refractivity contribution is -0.364. The van der Waals surface area contributed by atoms with E-state index >= 15 is 0 Å². The van der Waals surface area contributed by atoms with Crippen molar-refractivity contribution in [3.05, 3.63) is 48.2 Å². The molecule has 2 N–H and O–H groups in total. The molecule has 0 spiro atoms. The summed E-state index contributed by atoms with van der Waals surface area (Å²) in [7, 11) is -3.37. The fraction of sp³-hybridized carbons (Fsp3) is 0.389. The Morgan fingerprint density at radius 1 is 1.12 bits per heavy atom. The number of nitrogens with zero attached hydrogens (tertiary/aromatic N) is 1. The van der Waals surface area contributed by atoms with E-state index in [2.05, 4.69) is 10.3 Å². The monoisotopic (exact) mass is 362 g/mol. The summed E-state index contributed by atoms with van der Waals surface area (Å²) in [6, 6.07) is 11.3. The summed E-state index contributed by atoms with van der Waals surface area (Å²) < 4.78 is 32.1. The predicted octanol–water partition coefficient (Wildman–Crippen LogP) is 2.08. The molecule has 0 saturated carbocycles. The molecule has 0 amide bonds. The first-order valence-corrected chi connectivity index (χ1v) is 9.95. The molecule has 2 aromatic rings. The molecule has 3 rings (SSSR count). The van der Waals surface area contributed by atoms with Crippen molar-refractivity contribution in [2.45, 2.75) is 24.7 Å². The summed E-state index contributed by atoms with van der Waals surface area (Å²) in [4.78, 5) is 3.30. The predicted molar refractivity (Wildman–Crippen MR) is 96.2 cm³/mol. The van der Waals surface area contributed by atoms with Gasteiger partial charge in [0.05, 0.1) is 0 Å². The molecule has 2 heterocycles. The largest absolute Gasteiger partial charge is 0.490 e. The number of nitrogens with one attached hydrogen (secondary N) is 2. The van der Waals surface area contributed by atoms with Crippen LogP contribution in [0.5, 0.6) is 5.75 Å². The van der Waals surface area contributed by atoms with Gasteiger partial charge in [-0.15, -0.1) is 0 Å². The van der Waals surface area contributed by atoms with Crippen LogP contribution >= 0.6 is 0 Å². The SMILES string of the molecule is Cc1ccc(OCCNc2ccc(S(=O)(=O)N3CCCC3)c[nH+]2)cc1. The van der Waals surface area contributed by atoms with Crippen molar-refractivity contribution >= 4 is 15.8 Å². The number of aryl methyl sites for hydroxylation is 1. The number of sulfonamides is 1. The molecule has 0 bridgehead atoms. The van der Waals surface area contributed by atoms with Gasteiger partial charge in [-0.3, -0.25) is 5.32 Å². The minimum atomic E-state index is -3.37. The van der Waals surface area contributed by atoms with E-state index in [9.17, 15) is 8.42 Å². The minimum Gasteiger partial charge on any atom is -0.490 e. The van der Waals surface area contributed by atoms with E-state index in [1.807, 2.05) is 31.2 Å². The van der Waals surface area contributed by atoms with Gasteiger partial charge in [0, 0.05) is 19.2 Å². The Kier molecular flexibility index (Phi) is 5.55. The van der Waals surface area contributed by atoms with Gasteiger partial charge < -0.3 is 4.74 Å². The summed E-state index contributed by atoms with van der Waals surface area (Å²) in [5.74, 6) is 1.59. The van der Waals surface area contributed by atoms with Gasteiger partial charge in [-0.1, -0.05) is 17.7 Å². The van der Waals surface area contributed by atoms with Crippen LogP contribution in [0.4, 0.5) is 5.82 Å².